The van der Waals surface area contributed by atoms with Crippen LogP contribution in [0.15, 0.2) is 42.6 Å². The number of fused-ring (bicyclic) bond motifs is 1. The van der Waals surface area contributed by atoms with Gasteiger partial charge in [0.25, 0.3) is 0 Å². The van der Waals surface area contributed by atoms with Crippen molar-refractivity contribution in [2.45, 2.75) is 6.92 Å². The average Bonchev–Trinajstić information content (AvgIpc) is 2.90. The Labute approximate surface area is 121 Å². The van der Waals surface area contributed by atoms with Crippen LogP contribution in [0.1, 0.15) is 6.92 Å². The van der Waals surface area contributed by atoms with Crippen LogP contribution in [0.3, 0.4) is 0 Å². The number of imidazole rings is 1. The van der Waals surface area contributed by atoms with E-state index in [0.29, 0.717) is 0 Å². The number of nitrogens with zero attached hydrogens (tertiary/aromatic N) is 3. The summed E-state index contributed by atoms with van der Waals surface area (Å²) in [5, 5.41) is 10.3. The molecule has 0 bridgehead atoms. The number of carbonyl (C=O) groups is 1. The molecule has 6 heteroatoms. The van der Waals surface area contributed by atoms with Crippen molar-refractivity contribution in [1.29, 1.82) is 0 Å². The van der Waals surface area contributed by atoms with E-state index < -0.39 is 0 Å². The molecule has 2 heterocycles. The summed E-state index contributed by atoms with van der Waals surface area (Å²) in [4.78, 5) is 15.7. The van der Waals surface area contributed by atoms with E-state index in [9.17, 15) is 4.79 Å². The molecule has 1 aromatic carbocycles. The predicted molar refractivity (Wildman–Crippen MR) is 82.3 cm³/mol. The third-order valence-corrected chi connectivity index (χ3v) is 3.13. The molecule has 0 aliphatic heterocycles. The molecule has 3 rings (SSSR count). The van der Waals surface area contributed by atoms with Crippen LogP contribution in [-0.4, -0.2) is 27.6 Å². The van der Waals surface area contributed by atoms with Crippen LogP contribution < -0.4 is 10.6 Å². The molecule has 3 aromatic rings. The predicted octanol–water partition coefficient (Wildman–Crippen LogP) is 2.40. The number of benzene rings is 1. The van der Waals surface area contributed by atoms with Crippen molar-refractivity contribution in [1.82, 2.24) is 14.6 Å². The Kier molecular flexibility index (Phi) is 3.27. The van der Waals surface area contributed by atoms with Crippen molar-refractivity contribution in [3.63, 3.8) is 0 Å². The highest BCUT2D eigenvalue weighted by atomic mass is 16.1. The molecule has 21 heavy (non-hydrogen) atoms. The second-order valence-corrected chi connectivity index (χ2v) is 4.61. The molecule has 0 radical (unpaired) electrons. The Bertz CT molecular complexity index is 809. The SMILES string of the molecule is CNc1ccc2ncc(-c3ccccc3NC(C)=O)n2n1. The second-order valence-electron chi connectivity index (χ2n) is 4.61. The lowest BCUT2D eigenvalue weighted by molar-refractivity contribution is -0.114. The van der Waals surface area contributed by atoms with E-state index in [1.54, 1.807) is 10.7 Å². The van der Waals surface area contributed by atoms with Gasteiger partial charge < -0.3 is 10.6 Å². The van der Waals surface area contributed by atoms with E-state index in [2.05, 4.69) is 20.7 Å². The van der Waals surface area contributed by atoms with E-state index >= 15 is 0 Å². The van der Waals surface area contributed by atoms with Crippen molar-refractivity contribution in [3.05, 3.63) is 42.6 Å². The lowest BCUT2D eigenvalue weighted by Gasteiger charge is -2.09. The van der Waals surface area contributed by atoms with Gasteiger partial charge >= 0.3 is 0 Å². The maximum atomic E-state index is 11.3. The monoisotopic (exact) mass is 281 g/mol. The topological polar surface area (TPSA) is 71.3 Å². The van der Waals surface area contributed by atoms with E-state index in [1.165, 1.54) is 6.92 Å². The first-order chi connectivity index (χ1) is 10.2. The van der Waals surface area contributed by atoms with Crippen LogP contribution in [0.5, 0.6) is 0 Å². The second kappa shape index (κ2) is 5.24. The average molecular weight is 281 g/mol. The molecule has 0 saturated heterocycles. The van der Waals surface area contributed by atoms with Gasteiger partial charge in [0.2, 0.25) is 5.91 Å². The van der Waals surface area contributed by atoms with Crippen LogP contribution in [0, 0.1) is 0 Å². The highest BCUT2D eigenvalue weighted by Crippen LogP contribution is 2.28. The zero-order valence-corrected chi connectivity index (χ0v) is 11.8. The first kappa shape index (κ1) is 13.1. The quantitative estimate of drug-likeness (QED) is 0.773. The largest absolute Gasteiger partial charge is 0.372 e. The third-order valence-electron chi connectivity index (χ3n) is 3.13. The van der Waals surface area contributed by atoms with Crippen molar-refractivity contribution in [2.75, 3.05) is 17.7 Å². The van der Waals surface area contributed by atoms with Gasteiger partial charge in [0.15, 0.2) is 5.65 Å². The fraction of sp³-hybridized carbons (Fsp3) is 0.133. The number of amides is 1. The molecule has 0 spiro atoms. The van der Waals surface area contributed by atoms with Crippen LogP contribution in [0.2, 0.25) is 0 Å². The Hall–Kier alpha value is -2.89. The van der Waals surface area contributed by atoms with Gasteiger partial charge in [0.05, 0.1) is 17.6 Å². The minimum Gasteiger partial charge on any atom is -0.372 e. The van der Waals surface area contributed by atoms with Gasteiger partial charge in [-0.2, -0.15) is 0 Å². The highest BCUT2D eigenvalue weighted by Gasteiger charge is 2.12. The van der Waals surface area contributed by atoms with E-state index in [1.807, 2.05) is 43.4 Å². The molecule has 0 fully saturated rings. The molecule has 2 aromatic heterocycles. The maximum absolute atomic E-state index is 11.3. The van der Waals surface area contributed by atoms with Crippen molar-refractivity contribution in [3.8, 4) is 11.3 Å². The number of carbonyl (C=O) groups excluding carboxylic acids is 1. The lowest BCUT2D eigenvalue weighted by atomic mass is 10.1. The summed E-state index contributed by atoms with van der Waals surface area (Å²) in [6.07, 6.45) is 1.75. The van der Waals surface area contributed by atoms with Crippen LogP contribution in [0.4, 0.5) is 11.5 Å². The summed E-state index contributed by atoms with van der Waals surface area (Å²) in [7, 11) is 1.82. The van der Waals surface area contributed by atoms with E-state index in [-0.39, 0.29) is 5.91 Å². The minimum atomic E-state index is -0.111. The summed E-state index contributed by atoms with van der Waals surface area (Å²) in [5.74, 6) is 0.638. The molecule has 0 aliphatic carbocycles. The molecular formula is C15H15N5O. The number of para-hydroxylation sites is 1. The third kappa shape index (κ3) is 2.43. The molecule has 2 N–H and O–H groups in total. The number of rotatable bonds is 3. The van der Waals surface area contributed by atoms with Gasteiger partial charge in [-0.05, 0) is 18.2 Å². The van der Waals surface area contributed by atoms with Gasteiger partial charge in [0.1, 0.15) is 5.82 Å². The first-order valence-electron chi connectivity index (χ1n) is 6.58. The summed E-state index contributed by atoms with van der Waals surface area (Å²) in [5.41, 5.74) is 3.19. The normalized spacial score (nSPS) is 10.6. The van der Waals surface area contributed by atoms with Crippen molar-refractivity contribution in [2.24, 2.45) is 0 Å². The Morgan fingerprint density at radius 3 is 2.76 bits per heavy atom. The van der Waals surface area contributed by atoms with Crippen LogP contribution >= 0.6 is 0 Å². The maximum Gasteiger partial charge on any atom is 0.221 e. The zero-order valence-electron chi connectivity index (χ0n) is 11.8. The first-order valence-corrected chi connectivity index (χ1v) is 6.58. The molecule has 0 atom stereocenters. The Balaban J connectivity index is 2.18. The van der Waals surface area contributed by atoms with Gasteiger partial charge in [-0.1, -0.05) is 18.2 Å². The molecule has 0 aliphatic rings. The summed E-state index contributed by atoms with van der Waals surface area (Å²) in [6.45, 7) is 1.49. The standard InChI is InChI=1S/C15H15N5O/c1-10(21)18-12-6-4-3-5-11(12)13-9-17-15-8-7-14(16-2)19-20(13)15/h3-9H,1-2H3,(H,16,19)(H,18,21). The van der Waals surface area contributed by atoms with Gasteiger partial charge in [-0.15, -0.1) is 5.10 Å². The van der Waals surface area contributed by atoms with Crippen LogP contribution in [-0.2, 0) is 4.79 Å². The molecule has 0 saturated carbocycles. The number of nitrogens with one attached hydrogen (secondary N) is 2. The van der Waals surface area contributed by atoms with Crippen LogP contribution in [0.25, 0.3) is 16.9 Å². The molecular weight excluding hydrogens is 266 g/mol. The number of hydrogen-bond donors (Lipinski definition) is 2. The Morgan fingerprint density at radius 1 is 1.19 bits per heavy atom. The molecule has 1 amide bonds. The lowest BCUT2D eigenvalue weighted by Crippen LogP contribution is -2.07. The highest BCUT2D eigenvalue weighted by molar-refractivity contribution is 5.93. The molecule has 0 unspecified atom stereocenters. The smallest absolute Gasteiger partial charge is 0.221 e. The van der Waals surface area contributed by atoms with Gasteiger partial charge in [-0.3, -0.25) is 4.79 Å². The van der Waals surface area contributed by atoms with Crippen molar-refractivity contribution >= 4 is 23.1 Å². The summed E-state index contributed by atoms with van der Waals surface area (Å²) < 4.78 is 1.76. The number of anilines is 2. The number of hydrogen-bond acceptors (Lipinski definition) is 4. The van der Waals surface area contributed by atoms with E-state index in [0.717, 1.165) is 28.4 Å². The minimum absolute atomic E-state index is 0.111. The summed E-state index contributed by atoms with van der Waals surface area (Å²) >= 11 is 0. The van der Waals surface area contributed by atoms with Gasteiger partial charge in [-0.25, -0.2) is 9.50 Å². The number of aromatic nitrogens is 3. The summed E-state index contributed by atoms with van der Waals surface area (Å²) in [6, 6.07) is 11.3. The zero-order chi connectivity index (χ0) is 14.8. The fourth-order valence-corrected chi connectivity index (χ4v) is 2.20. The molecule has 6 nitrogen and oxygen atoms in total. The van der Waals surface area contributed by atoms with E-state index in [4.69, 9.17) is 0 Å². The van der Waals surface area contributed by atoms with Crippen molar-refractivity contribution < 1.29 is 4.79 Å². The van der Waals surface area contributed by atoms with Gasteiger partial charge in [0, 0.05) is 19.5 Å². The molecule has 106 valence electrons. The fourth-order valence-electron chi connectivity index (χ4n) is 2.20. The Morgan fingerprint density at radius 2 is 2.00 bits per heavy atom.